The smallest absolute Gasteiger partial charge is 0.0954 e. The Bertz CT molecular complexity index is 331. The molecule has 0 saturated carbocycles. The molecule has 0 N–H and O–H groups in total. The van der Waals surface area contributed by atoms with Crippen LogP contribution >= 0.6 is 0 Å². The average Bonchev–Trinajstić information content (AvgIpc) is 2.26. The van der Waals surface area contributed by atoms with E-state index in [1.165, 1.54) is 0 Å². The molecule has 0 unspecified atom stereocenters. The highest BCUT2D eigenvalue weighted by Gasteiger charge is 1.89. The van der Waals surface area contributed by atoms with Gasteiger partial charge >= 0.3 is 0 Å². The Morgan fingerprint density at radius 1 is 0.857 bits per heavy atom. The van der Waals surface area contributed by atoms with Crippen molar-refractivity contribution in [1.29, 1.82) is 15.8 Å². The maximum atomic E-state index is 8.18. The van der Waals surface area contributed by atoms with Crippen LogP contribution in [-0.4, -0.2) is 0 Å². The van der Waals surface area contributed by atoms with Gasteiger partial charge in [0.2, 0.25) is 0 Å². The Kier molecular flexibility index (Phi) is 9.35. The molecule has 0 radical (unpaired) electrons. The van der Waals surface area contributed by atoms with Gasteiger partial charge in [0.15, 0.2) is 0 Å². The van der Waals surface area contributed by atoms with Crippen molar-refractivity contribution in [2.45, 2.75) is 27.7 Å². The molecule has 0 saturated heterocycles. The largest absolute Gasteiger partial charge is 0.193 e. The molecule has 14 heavy (non-hydrogen) atoms. The first-order chi connectivity index (χ1) is 6.53. The van der Waals surface area contributed by atoms with Gasteiger partial charge in [-0.1, -0.05) is 6.08 Å². The van der Waals surface area contributed by atoms with E-state index < -0.39 is 0 Å². The van der Waals surface area contributed by atoms with Crippen LogP contribution in [0.5, 0.6) is 0 Å². The van der Waals surface area contributed by atoms with Crippen molar-refractivity contribution < 1.29 is 0 Å². The van der Waals surface area contributed by atoms with Gasteiger partial charge in [0.05, 0.1) is 18.2 Å². The van der Waals surface area contributed by atoms with E-state index in [9.17, 15) is 0 Å². The summed E-state index contributed by atoms with van der Waals surface area (Å²) in [7, 11) is 0. The Morgan fingerprint density at radius 3 is 1.29 bits per heavy atom. The highest BCUT2D eigenvalue weighted by Crippen LogP contribution is 1.97. The van der Waals surface area contributed by atoms with E-state index in [-0.39, 0.29) is 0 Å². The molecule has 0 aliphatic heterocycles. The topological polar surface area (TPSA) is 71.4 Å². The van der Waals surface area contributed by atoms with Crippen molar-refractivity contribution in [2.24, 2.45) is 0 Å². The molecule has 0 atom stereocenters. The summed E-state index contributed by atoms with van der Waals surface area (Å²) >= 11 is 0. The molecular weight excluding hydrogens is 174 g/mol. The van der Waals surface area contributed by atoms with Gasteiger partial charge in [-0.25, -0.2) is 0 Å². The van der Waals surface area contributed by atoms with Crippen molar-refractivity contribution >= 4 is 0 Å². The highest BCUT2D eigenvalue weighted by molar-refractivity contribution is 5.32. The molecule has 0 aromatic carbocycles. The van der Waals surface area contributed by atoms with E-state index in [0.717, 1.165) is 5.57 Å². The van der Waals surface area contributed by atoms with Gasteiger partial charge in [-0.2, -0.15) is 15.8 Å². The average molecular weight is 187 g/mol. The lowest BCUT2D eigenvalue weighted by Crippen LogP contribution is -1.73. The van der Waals surface area contributed by atoms with Crippen LogP contribution in [0.25, 0.3) is 0 Å². The summed E-state index contributed by atoms with van der Waals surface area (Å²) in [6.45, 7) is 6.87. The second-order valence-corrected chi connectivity index (χ2v) is 2.56. The first kappa shape index (κ1) is 14.5. The van der Waals surface area contributed by atoms with Crippen LogP contribution in [0.2, 0.25) is 0 Å². The monoisotopic (exact) mass is 187 g/mol. The lowest BCUT2D eigenvalue weighted by molar-refractivity contribution is 1.34. The summed E-state index contributed by atoms with van der Waals surface area (Å²) in [6, 6.07) is 5.72. The third kappa shape index (κ3) is 8.05. The summed E-state index contributed by atoms with van der Waals surface area (Å²) in [5, 5.41) is 24.4. The summed E-state index contributed by atoms with van der Waals surface area (Å²) in [5.41, 5.74) is 1.76. The maximum Gasteiger partial charge on any atom is 0.0954 e. The van der Waals surface area contributed by atoms with E-state index in [1.54, 1.807) is 26.8 Å². The Hall–Kier alpha value is -2.05. The summed E-state index contributed by atoms with van der Waals surface area (Å²) < 4.78 is 0. The highest BCUT2D eigenvalue weighted by atomic mass is 14.3. The number of nitrogens with zero attached hydrogens (tertiary/aromatic N) is 3. The van der Waals surface area contributed by atoms with Crippen LogP contribution in [0.15, 0.2) is 22.8 Å². The SMILES string of the molecule is C/C(C#N)=C(/C)C#N.C/C=C(/C)C#N. The summed E-state index contributed by atoms with van der Waals surface area (Å²) in [5.74, 6) is 0. The first-order valence-electron chi connectivity index (χ1n) is 4.04. The van der Waals surface area contributed by atoms with Crippen LogP contribution in [0.3, 0.4) is 0 Å². The normalized spacial score (nSPS) is 10.8. The maximum absolute atomic E-state index is 8.18. The molecular formula is C11H13N3. The van der Waals surface area contributed by atoms with Gasteiger partial charge in [-0.05, 0) is 27.7 Å². The molecule has 3 nitrogen and oxygen atoms in total. The van der Waals surface area contributed by atoms with Crippen LogP contribution in [0.1, 0.15) is 27.7 Å². The molecule has 72 valence electrons. The zero-order valence-electron chi connectivity index (χ0n) is 8.92. The van der Waals surface area contributed by atoms with E-state index in [2.05, 4.69) is 0 Å². The van der Waals surface area contributed by atoms with Gasteiger partial charge < -0.3 is 0 Å². The minimum Gasteiger partial charge on any atom is -0.193 e. The molecule has 0 heterocycles. The van der Waals surface area contributed by atoms with Crippen molar-refractivity contribution in [3.8, 4) is 18.2 Å². The molecule has 0 aromatic heterocycles. The van der Waals surface area contributed by atoms with Gasteiger partial charge in [-0.3, -0.25) is 0 Å². The fraction of sp³-hybridized carbons (Fsp3) is 0.364. The van der Waals surface area contributed by atoms with Crippen LogP contribution in [0, 0.1) is 34.0 Å². The van der Waals surface area contributed by atoms with Crippen molar-refractivity contribution in [3.05, 3.63) is 22.8 Å². The van der Waals surface area contributed by atoms with Crippen molar-refractivity contribution in [1.82, 2.24) is 0 Å². The third-order valence-electron chi connectivity index (χ3n) is 1.51. The minimum absolute atomic E-state index is 0.493. The number of hydrogen-bond acceptors (Lipinski definition) is 3. The summed E-state index contributed by atoms with van der Waals surface area (Å²) in [6.07, 6.45) is 1.78. The standard InChI is InChI=1S/C6H6N2.C5H7N/c1-5(3-7)6(2)4-8;1-3-5(2)4-6/h1-2H3;3H,1-2H3/b6-5+;5-3-. The molecule has 0 rings (SSSR count). The Labute approximate surface area is 85.2 Å². The fourth-order valence-electron chi connectivity index (χ4n) is 0.232. The zero-order chi connectivity index (χ0) is 11.6. The number of allylic oxidation sites excluding steroid dienone is 4. The third-order valence-corrected chi connectivity index (χ3v) is 1.51. The molecule has 3 heteroatoms. The van der Waals surface area contributed by atoms with Crippen molar-refractivity contribution in [2.75, 3.05) is 0 Å². The lowest BCUT2D eigenvalue weighted by Gasteiger charge is -1.81. The molecule has 0 bridgehead atoms. The van der Waals surface area contributed by atoms with Crippen LogP contribution in [-0.2, 0) is 0 Å². The predicted octanol–water partition coefficient (Wildman–Crippen LogP) is 2.85. The first-order valence-corrected chi connectivity index (χ1v) is 4.04. The molecule has 0 aromatic rings. The van der Waals surface area contributed by atoms with E-state index in [4.69, 9.17) is 15.8 Å². The summed E-state index contributed by atoms with van der Waals surface area (Å²) in [4.78, 5) is 0. The molecule has 0 fully saturated rings. The predicted molar refractivity (Wildman–Crippen MR) is 54.6 cm³/mol. The van der Waals surface area contributed by atoms with Gasteiger partial charge in [0.1, 0.15) is 0 Å². The molecule has 0 spiro atoms. The molecule has 0 aliphatic carbocycles. The van der Waals surface area contributed by atoms with Crippen LogP contribution < -0.4 is 0 Å². The zero-order valence-corrected chi connectivity index (χ0v) is 8.92. The Morgan fingerprint density at radius 2 is 1.21 bits per heavy atom. The second-order valence-electron chi connectivity index (χ2n) is 2.56. The van der Waals surface area contributed by atoms with E-state index in [1.807, 2.05) is 25.1 Å². The number of rotatable bonds is 0. The Balaban J connectivity index is 0. The second kappa shape index (κ2) is 9.04. The van der Waals surface area contributed by atoms with E-state index in [0.29, 0.717) is 11.1 Å². The number of nitriles is 3. The molecule has 0 aliphatic rings. The molecule has 0 amide bonds. The fourth-order valence-corrected chi connectivity index (χ4v) is 0.232. The minimum atomic E-state index is 0.493. The quantitative estimate of drug-likeness (QED) is 0.547. The number of hydrogen-bond donors (Lipinski definition) is 0. The van der Waals surface area contributed by atoms with Gasteiger partial charge in [0.25, 0.3) is 0 Å². The lowest BCUT2D eigenvalue weighted by atomic mass is 10.2. The van der Waals surface area contributed by atoms with E-state index >= 15 is 0 Å². The van der Waals surface area contributed by atoms with Gasteiger partial charge in [0, 0.05) is 16.7 Å². The van der Waals surface area contributed by atoms with Crippen LogP contribution in [0.4, 0.5) is 0 Å². The van der Waals surface area contributed by atoms with Crippen molar-refractivity contribution in [3.63, 3.8) is 0 Å². The van der Waals surface area contributed by atoms with Gasteiger partial charge in [-0.15, -0.1) is 0 Å².